The molecule has 0 fully saturated rings. The zero-order valence-corrected chi connectivity index (χ0v) is 47.0. The molecule has 2 atom stereocenters. The maximum atomic E-state index is 12.5. The Hall–Kier alpha value is -1.92. The van der Waals surface area contributed by atoms with Crippen molar-refractivity contribution in [2.75, 3.05) is 13.2 Å². The van der Waals surface area contributed by atoms with E-state index in [9.17, 15) is 19.8 Å². The maximum absolute atomic E-state index is 12.5. The van der Waals surface area contributed by atoms with Gasteiger partial charge in [0, 0.05) is 12.8 Å². The van der Waals surface area contributed by atoms with Crippen LogP contribution < -0.4 is 5.32 Å². The number of nitrogens with one attached hydrogen (secondary N) is 1. The number of hydrogen-bond acceptors (Lipinski definition) is 5. The lowest BCUT2D eigenvalue weighted by molar-refractivity contribution is -0.143. The number of amides is 1. The number of hydrogen-bond donors (Lipinski definition) is 3. The fraction of sp³-hybridized carbons (Fsp3) is 0.875. The number of esters is 1. The number of allylic oxidation sites excluding steroid dienone is 6. The van der Waals surface area contributed by atoms with Crippen LogP contribution in [0.15, 0.2) is 36.5 Å². The highest BCUT2D eigenvalue weighted by Gasteiger charge is 2.20. The van der Waals surface area contributed by atoms with Crippen molar-refractivity contribution >= 4 is 11.9 Å². The Morgan fingerprint density at radius 2 is 0.729 bits per heavy atom. The van der Waals surface area contributed by atoms with Crippen molar-refractivity contribution < 1.29 is 24.5 Å². The van der Waals surface area contributed by atoms with Crippen LogP contribution in [0.1, 0.15) is 335 Å². The predicted molar refractivity (Wildman–Crippen MR) is 306 cm³/mol. The lowest BCUT2D eigenvalue weighted by atomic mass is 10.0. The summed E-state index contributed by atoms with van der Waals surface area (Å²) >= 11 is 0. The van der Waals surface area contributed by atoms with Crippen molar-refractivity contribution in [2.24, 2.45) is 0 Å². The van der Waals surface area contributed by atoms with Gasteiger partial charge < -0.3 is 20.3 Å². The van der Waals surface area contributed by atoms with Gasteiger partial charge in [-0.1, -0.05) is 281 Å². The summed E-state index contributed by atoms with van der Waals surface area (Å²) in [6, 6.07) is -0.546. The molecule has 3 N–H and O–H groups in total. The third-order valence-electron chi connectivity index (χ3n) is 14.4. The molecule has 0 aromatic rings. The van der Waals surface area contributed by atoms with Gasteiger partial charge in [-0.25, -0.2) is 0 Å². The number of carbonyl (C=O) groups excluding carboxylic acids is 2. The molecule has 0 radical (unpaired) electrons. The van der Waals surface area contributed by atoms with Gasteiger partial charge in [0.15, 0.2) is 0 Å². The van der Waals surface area contributed by atoms with E-state index >= 15 is 0 Å². The van der Waals surface area contributed by atoms with Gasteiger partial charge >= 0.3 is 5.97 Å². The Bertz CT molecular complexity index is 1130. The van der Waals surface area contributed by atoms with Crippen molar-refractivity contribution in [2.45, 2.75) is 347 Å². The molecule has 0 aromatic carbocycles. The van der Waals surface area contributed by atoms with Crippen LogP contribution in [-0.4, -0.2) is 47.4 Å². The van der Waals surface area contributed by atoms with Crippen LogP contribution in [0.2, 0.25) is 0 Å². The van der Waals surface area contributed by atoms with Gasteiger partial charge in [-0.3, -0.25) is 9.59 Å². The summed E-state index contributed by atoms with van der Waals surface area (Å²) in [6.45, 7) is 4.92. The number of aliphatic hydroxyl groups excluding tert-OH is 2. The summed E-state index contributed by atoms with van der Waals surface area (Å²) in [4.78, 5) is 24.5. The molecule has 2 unspecified atom stereocenters. The summed E-state index contributed by atoms with van der Waals surface area (Å²) in [6.07, 6.45) is 74.4. The lowest BCUT2D eigenvalue weighted by Gasteiger charge is -2.22. The van der Waals surface area contributed by atoms with Crippen LogP contribution in [0.25, 0.3) is 0 Å². The molecule has 70 heavy (non-hydrogen) atoms. The van der Waals surface area contributed by atoms with Crippen LogP contribution in [0, 0.1) is 0 Å². The number of rotatable bonds is 58. The van der Waals surface area contributed by atoms with Crippen LogP contribution in [0.4, 0.5) is 0 Å². The molecule has 0 saturated carbocycles. The van der Waals surface area contributed by atoms with Gasteiger partial charge in [-0.2, -0.15) is 0 Å². The van der Waals surface area contributed by atoms with E-state index in [1.807, 2.05) is 0 Å². The van der Waals surface area contributed by atoms with Gasteiger partial charge in [0.05, 0.1) is 25.4 Å². The van der Waals surface area contributed by atoms with Crippen LogP contribution in [-0.2, 0) is 14.3 Å². The first-order valence-electron chi connectivity index (χ1n) is 31.2. The smallest absolute Gasteiger partial charge is 0.305 e. The molecule has 0 aliphatic carbocycles. The number of ether oxygens (including phenoxy) is 1. The Kier molecular flexibility index (Phi) is 58.0. The summed E-state index contributed by atoms with van der Waals surface area (Å²) in [5, 5.41) is 23.3. The molecule has 6 heteroatoms. The van der Waals surface area contributed by atoms with E-state index in [0.717, 1.165) is 51.4 Å². The predicted octanol–water partition coefficient (Wildman–Crippen LogP) is 19.6. The SMILES string of the molecule is CCCC/C=C\C/C=C\CCCCCCCC(=O)OCCCCCCCCCCCCCC/C=C\CCCCCCCCCC(=O)NC(CO)C(O)CCCCCCCCCCCCCCCCCC. The summed E-state index contributed by atoms with van der Waals surface area (Å²) in [7, 11) is 0. The Balaban J connectivity index is 3.42. The molecule has 0 aliphatic heterocycles. The van der Waals surface area contributed by atoms with Gasteiger partial charge in [0.25, 0.3) is 0 Å². The standard InChI is InChI=1S/C64H121NO5/c1-3-5-7-9-11-13-15-17-19-29-32-36-40-44-48-52-56-62(67)61(60-66)65-63(68)57-53-49-45-41-37-33-30-27-25-23-21-20-22-24-26-28-31-35-39-43-47-51-55-59-70-64(69)58-54-50-46-42-38-34-18-16-14-12-10-8-6-4-2/h10,12,16,18,23,25,61-62,66-67H,3-9,11,13-15,17,19-22,24,26-60H2,1-2H3,(H,65,68)/b12-10-,18-16-,25-23-. The largest absolute Gasteiger partial charge is 0.466 e. The first-order chi connectivity index (χ1) is 34.5. The van der Waals surface area contributed by atoms with Crippen LogP contribution >= 0.6 is 0 Å². The highest BCUT2D eigenvalue weighted by molar-refractivity contribution is 5.76. The molecule has 1 amide bonds. The van der Waals surface area contributed by atoms with Crippen molar-refractivity contribution in [3.63, 3.8) is 0 Å². The monoisotopic (exact) mass is 984 g/mol. The molecule has 0 heterocycles. The molecule has 0 rings (SSSR count). The topological polar surface area (TPSA) is 95.9 Å². The number of unbranched alkanes of at least 4 members (excludes halogenated alkanes) is 41. The first-order valence-corrected chi connectivity index (χ1v) is 31.2. The Morgan fingerprint density at radius 1 is 0.400 bits per heavy atom. The van der Waals surface area contributed by atoms with E-state index in [1.165, 1.54) is 250 Å². The van der Waals surface area contributed by atoms with E-state index in [-0.39, 0.29) is 18.5 Å². The summed E-state index contributed by atoms with van der Waals surface area (Å²) < 4.78 is 5.47. The normalized spacial score (nSPS) is 12.8. The first kappa shape index (κ1) is 68.1. The maximum Gasteiger partial charge on any atom is 0.305 e. The minimum Gasteiger partial charge on any atom is -0.466 e. The fourth-order valence-corrected chi connectivity index (χ4v) is 9.59. The second-order valence-corrected chi connectivity index (χ2v) is 21.4. The zero-order valence-electron chi connectivity index (χ0n) is 47.0. The lowest BCUT2D eigenvalue weighted by Crippen LogP contribution is -2.45. The quantitative estimate of drug-likeness (QED) is 0.0321. The fourth-order valence-electron chi connectivity index (χ4n) is 9.59. The third kappa shape index (κ3) is 55.4. The van der Waals surface area contributed by atoms with Crippen LogP contribution in [0.3, 0.4) is 0 Å². The van der Waals surface area contributed by atoms with Crippen molar-refractivity contribution in [1.29, 1.82) is 0 Å². The Labute approximate surface area is 436 Å². The van der Waals surface area contributed by atoms with E-state index < -0.39 is 12.1 Å². The average Bonchev–Trinajstić information content (AvgIpc) is 3.36. The third-order valence-corrected chi connectivity index (χ3v) is 14.4. The Morgan fingerprint density at radius 3 is 1.14 bits per heavy atom. The van der Waals surface area contributed by atoms with Crippen molar-refractivity contribution in [1.82, 2.24) is 5.32 Å². The number of aliphatic hydroxyl groups is 2. The average molecular weight is 985 g/mol. The van der Waals surface area contributed by atoms with Crippen LogP contribution in [0.5, 0.6) is 0 Å². The molecule has 6 nitrogen and oxygen atoms in total. The molecule has 0 aromatic heterocycles. The van der Waals surface area contributed by atoms with Gasteiger partial charge in [-0.15, -0.1) is 0 Å². The number of carbonyl (C=O) groups is 2. The van der Waals surface area contributed by atoms with Gasteiger partial charge in [-0.05, 0) is 77.0 Å². The van der Waals surface area contributed by atoms with E-state index in [1.54, 1.807) is 0 Å². The second-order valence-electron chi connectivity index (χ2n) is 21.4. The van der Waals surface area contributed by atoms with Crippen molar-refractivity contribution in [3.05, 3.63) is 36.5 Å². The summed E-state index contributed by atoms with van der Waals surface area (Å²) in [5.74, 6) is -0.0428. The zero-order chi connectivity index (χ0) is 50.7. The highest BCUT2D eigenvalue weighted by Crippen LogP contribution is 2.17. The second kappa shape index (κ2) is 59.6. The van der Waals surface area contributed by atoms with Crippen molar-refractivity contribution in [3.8, 4) is 0 Å². The van der Waals surface area contributed by atoms with E-state index in [4.69, 9.17) is 4.74 Å². The minimum absolute atomic E-state index is 0.00307. The van der Waals surface area contributed by atoms with E-state index in [2.05, 4.69) is 55.6 Å². The molecule has 0 aliphatic rings. The summed E-state index contributed by atoms with van der Waals surface area (Å²) in [5.41, 5.74) is 0. The molecular weight excluding hydrogens is 863 g/mol. The van der Waals surface area contributed by atoms with Gasteiger partial charge in [0.1, 0.15) is 0 Å². The highest BCUT2D eigenvalue weighted by atomic mass is 16.5. The molecule has 0 saturated heterocycles. The molecule has 412 valence electrons. The molecule has 0 spiro atoms. The molecule has 0 bridgehead atoms. The van der Waals surface area contributed by atoms with Gasteiger partial charge in [0.2, 0.25) is 5.91 Å². The minimum atomic E-state index is -0.668. The van der Waals surface area contributed by atoms with E-state index in [0.29, 0.717) is 25.9 Å². The molecular formula is C64H121NO5.